The molecular formula is C12H15FN4O3S. The van der Waals surface area contributed by atoms with Crippen LogP contribution in [0.2, 0.25) is 0 Å². The number of nitrogens with two attached hydrogens (primary N) is 1. The Bertz CT molecular complexity index is 735. The SMILES string of the molecule is Cc1noc(CCNS(=O)(=O)c2cc(C)c(F)c(N)c2)n1. The Labute approximate surface area is 121 Å². The smallest absolute Gasteiger partial charge is 0.240 e. The molecule has 0 aliphatic heterocycles. The number of hydrogen-bond acceptors (Lipinski definition) is 6. The molecule has 0 spiro atoms. The van der Waals surface area contributed by atoms with Crippen molar-refractivity contribution in [2.24, 2.45) is 0 Å². The monoisotopic (exact) mass is 314 g/mol. The van der Waals surface area contributed by atoms with E-state index in [1.807, 2.05) is 0 Å². The van der Waals surface area contributed by atoms with Gasteiger partial charge in [-0.25, -0.2) is 17.5 Å². The lowest BCUT2D eigenvalue weighted by molar-refractivity contribution is 0.375. The number of halogens is 1. The van der Waals surface area contributed by atoms with E-state index in [1.165, 1.54) is 13.0 Å². The van der Waals surface area contributed by atoms with Crippen LogP contribution in [0.15, 0.2) is 21.6 Å². The molecule has 0 unspecified atom stereocenters. The van der Waals surface area contributed by atoms with Crippen molar-refractivity contribution in [1.29, 1.82) is 0 Å². The van der Waals surface area contributed by atoms with Crippen molar-refractivity contribution in [2.75, 3.05) is 12.3 Å². The molecule has 0 radical (unpaired) electrons. The van der Waals surface area contributed by atoms with Gasteiger partial charge in [0.1, 0.15) is 5.82 Å². The number of aromatic nitrogens is 2. The Balaban J connectivity index is 2.08. The van der Waals surface area contributed by atoms with E-state index in [4.69, 9.17) is 10.3 Å². The molecule has 0 aliphatic carbocycles. The minimum absolute atomic E-state index is 0.0828. The van der Waals surface area contributed by atoms with Crippen molar-refractivity contribution < 1.29 is 17.3 Å². The van der Waals surface area contributed by atoms with Crippen molar-refractivity contribution in [2.45, 2.75) is 25.2 Å². The lowest BCUT2D eigenvalue weighted by atomic mass is 10.2. The van der Waals surface area contributed by atoms with Crippen molar-refractivity contribution in [3.63, 3.8) is 0 Å². The first-order valence-electron chi connectivity index (χ1n) is 6.14. The maximum absolute atomic E-state index is 13.4. The summed E-state index contributed by atoms with van der Waals surface area (Å²) in [5.74, 6) is 0.204. The van der Waals surface area contributed by atoms with Crippen LogP contribution in [0.25, 0.3) is 0 Å². The normalized spacial score (nSPS) is 11.8. The molecule has 0 saturated heterocycles. The molecular weight excluding hydrogens is 299 g/mol. The third-order valence-corrected chi connectivity index (χ3v) is 4.21. The number of anilines is 1. The zero-order valence-corrected chi connectivity index (χ0v) is 12.4. The summed E-state index contributed by atoms with van der Waals surface area (Å²) in [7, 11) is -3.77. The maximum atomic E-state index is 13.4. The fourth-order valence-corrected chi connectivity index (χ4v) is 2.89. The highest BCUT2D eigenvalue weighted by Crippen LogP contribution is 2.20. The second kappa shape index (κ2) is 5.78. The first kappa shape index (κ1) is 15.4. The highest BCUT2D eigenvalue weighted by Gasteiger charge is 2.17. The number of sulfonamides is 1. The summed E-state index contributed by atoms with van der Waals surface area (Å²) in [6.45, 7) is 3.20. The maximum Gasteiger partial charge on any atom is 0.240 e. The molecule has 0 saturated carbocycles. The largest absolute Gasteiger partial charge is 0.396 e. The van der Waals surface area contributed by atoms with Gasteiger partial charge in [-0.15, -0.1) is 0 Å². The zero-order valence-electron chi connectivity index (χ0n) is 11.6. The van der Waals surface area contributed by atoms with Crippen molar-refractivity contribution in [3.05, 3.63) is 35.2 Å². The van der Waals surface area contributed by atoms with Gasteiger partial charge in [-0.05, 0) is 31.5 Å². The van der Waals surface area contributed by atoms with Crippen LogP contribution >= 0.6 is 0 Å². The van der Waals surface area contributed by atoms with E-state index < -0.39 is 15.8 Å². The van der Waals surface area contributed by atoms with Crippen LogP contribution in [0, 0.1) is 19.7 Å². The Morgan fingerprint density at radius 1 is 1.38 bits per heavy atom. The van der Waals surface area contributed by atoms with Gasteiger partial charge in [-0.3, -0.25) is 0 Å². The van der Waals surface area contributed by atoms with Crippen molar-refractivity contribution in [1.82, 2.24) is 14.9 Å². The Hall–Kier alpha value is -2.00. The van der Waals surface area contributed by atoms with Crippen LogP contribution in [-0.2, 0) is 16.4 Å². The number of aryl methyl sites for hydroxylation is 2. The van der Waals surface area contributed by atoms with Gasteiger partial charge in [-0.2, -0.15) is 4.98 Å². The molecule has 2 rings (SSSR count). The summed E-state index contributed by atoms with van der Waals surface area (Å²) in [5, 5.41) is 3.60. The first-order valence-corrected chi connectivity index (χ1v) is 7.62. The molecule has 0 atom stereocenters. The lowest BCUT2D eigenvalue weighted by Gasteiger charge is -2.08. The van der Waals surface area contributed by atoms with E-state index in [2.05, 4.69) is 14.9 Å². The quantitative estimate of drug-likeness (QED) is 0.794. The molecule has 1 aromatic heterocycles. The molecule has 0 bridgehead atoms. The van der Waals surface area contributed by atoms with Crippen LogP contribution in [0.1, 0.15) is 17.3 Å². The summed E-state index contributed by atoms with van der Waals surface area (Å²) < 4.78 is 44.8. The first-order chi connectivity index (χ1) is 9.79. The van der Waals surface area contributed by atoms with Gasteiger partial charge < -0.3 is 10.3 Å². The van der Waals surface area contributed by atoms with E-state index >= 15 is 0 Å². The molecule has 0 aliphatic rings. The zero-order chi connectivity index (χ0) is 15.6. The van der Waals surface area contributed by atoms with Crippen molar-refractivity contribution in [3.8, 4) is 0 Å². The summed E-state index contributed by atoms with van der Waals surface area (Å²) in [5.41, 5.74) is 5.40. The molecule has 9 heteroatoms. The fourth-order valence-electron chi connectivity index (χ4n) is 1.74. The van der Waals surface area contributed by atoms with E-state index in [0.717, 1.165) is 6.07 Å². The van der Waals surface area contributed by atoms with Gasteiger partial charge in [0.05, 0.1) is 10.6 Å². The lowest BCUT2D eigenvalue weighted by Crippen LogP contribution is -2.26. The van der Waals surface area contributed by atoms with Crippen LogP contribution < -0.4 is 10.5 Å². The summed E-state index contributed by atoms with van der Waals surface area (Å²) in [4.78, 5) is 3.88. The second-order valence-electron chi connectivity index (χ2n) is 4.53. The third-order valence-electron chi connectivity index (χ3n) is 2.77. The van der Waals surface area contributed by atoms with E-state index in [0.29, 0.717) is 11.7 Å². The average Bonchev–Trinajstić information content (AvgIpc) is 2.81. The highest BCUT2D eigenvalue weighted by molar-refractivity contribution is 7.89. The van der Waals surface area contributed by atoms with E-state index in [-0.39, 0.29) is 29.1 Å². The molecule has 1 heterocycles. The third kappa shape index (κ3) is 3.56. The van der Waals surface area contributed by atoms with Crippen LogP contribution in [0.4, 0.5) is 10.1 Å². The van der Waals surface area contributed by atoms with Gasteiger partial charge in [-0.1, -0.05) is 5.16 Å². The molecule has 0 amide bonds. The van der Waals surface area contributed by atoms with Gasteiger partial charge in [0, 0.05) is 13.0 Å². The molecule has 7 nitrogen and oxygen atoms in total. The van der Waals surface area contributed by atoms with Gasteiger partial charge >= 0.3 is 0 Å². The Kier molecular flexibility index (Phi) is 4.24. The fraction of sp³-hybridized carbons (Fsp3) is 0.333. The van der Waals surface area contributed by atoms with Crippen LogP contribution in [0.3, 0.4) is 0 Å². The Morgan fingerprint density at radius 2 is 2.10 bits per heavy atom. The minimum atomic E-state index is -3.77. The number of nitrogens with one attached hydrogen (secondary N) is 1. The number of rotatable bonds is 5. The molecule has 2 aromatic rings. The molecule has 1 aromatic carbocycles. The van der Waals surface area contributed by atoms with E-state index in [1.54, 1.807) is 6.92 Å². The van der Waals surface area contributed by atoms with Gasteiger partial charge in [0.15, 0.2) is 5.82 Å². The number of benzene rings is 1. The molecule has 3 N–H and O–H groups in total. The minimum Gasteiger partial charge on any atom is -0.396 e. The average molecular weight is 314 g/mol. The number of nitrogen functional groups attached to an aromatic ring is 1. The standard InChI is InChI=1S/C12H15FN4O3S/c1-7-5-9(6-10(14)12(7)13)21(18,19)15-4-3-11-16-8(2)17-20-11/h5-6,15H,3-4,14H2,1-2H3. The molecule has 114 valence electrons. The Morgan fingerprint density at radius 3 is 2.67 bits per heavy atom. The topological polar surface area (TPSA) is 111 Å². The summed E-state index contributed by atoms with van der Waals surface area (Å²) >= 11 is 0. The van der Waals surface area contributed by atoms with Crippen molar-refractivity contribution >= 4 is 15.7 Å². The van der Waals surface area contributed by atoms with Crippen LogP contribution in [0.5, 0.6) is 0 Å². The molecule has 21 heavy (non-hydrogen) atoms. The summed E-state index contributed by atoms with van der Waals surface area (Å²) in [6.07, 6.45) is 0.260. The highest BCUT2D eigenvalue weighted by atomic mass is 32.2. The predicted molar refractivity (Wildman–Crippen MR) is 73.5 cm³/mol. The van der Waals surface area contributed by atoms with Crippen LogP contribution in [-0.4, -0.2) is 25.1 Å². The number of hydrogen-bond donors (Lipinski definition) is 2. The van der Waals surface area contributed by atoms with Gasteiger partial charge in [0.2, 0.25) is 15.9 Å². The number of nitrogens with zero attached hydrogens (tertiary/aromatic N) is 2. The van der Waals surface area contributed by atoms with E-state index in [9.17, 15) is 12.8 Å². The predicted octanol–water partition coefficient (Wildman–Crippen LogP) is 0.929. The van der Waals surface area contributed by atoms with Gasteiger partial charge in [0.25, 0.3) is 0 Å². The molecule has 0 fully saturated rings. The summed E-state index contributed by atoms with van der Waals surface area (Å²) in [6, 6.07) is 2.31. The second-order valence-corrected chi connectivity index (χ2v) is 6.29.